The van der Waals surface area contributed by atoms with Gasteiger partial charge in [0.05, 0.1) is 13.0 Å². The molecule has 0 aromatic heterocycles. The summed E-state index contributed by atoms with van der Waals surface area (Å²) in [6.07, 6.45) is -0.247. The van der Waals surface area contributed by atoms with Crippen LogP contribution in [0.25, 0.3) is 0 Å². The molecule has 0 spiro atoms. The molecule has 1 aliphatic rings. The van der Waals surface area contributed by atoms with Gasteiger partial charge in [-0.05, 0) is 62.1 Å². The summed E-state index contributed by atoms with van der Waals surface area (Å²) < 4.78 is 0. The van der Waals surface area contributed by atoms with E-state index < -0.39 is 132 Å². The molecule has 0 radical (unpaired) electrons. The number of primary amides is 1. The van der Waals surface area contributed by atoms with E-state index in [0.29, 0.717) is 18.4 Å². The minimum atomic E-state index is -1.88. The van der Waals surface area contributed by atoms with Gasteiger partial charge in [-0.15, -0.1) is 0 Å². The summed E-state index contributed by atoms with van der Waals surface area (Å²) in [6.45, 7) is 4.08. The summed E-state index contributed by atoms with van der Waals surface area (Å²) >= 11 is 8.18. The van der Waals surface area contributed by atoms with Crippen LogP contribution in [0.1, 0.15) is 77.7 Å². The van der Waals surface area contributed by atoms with Gasteiger partial charge in [0.2, 0.25) is 59.1 Å². The Hall–Kier alpha value is -7.57. The number of aliphatic imine (C=N–C) groups is 2. The zero-order valence-corrected chi connectivity index (χ0v) is 44.9. The zero-order chi connectivity index (χ0) is 57.9. The number of carbonyl (C=O) groups excluding carboxylic acids is 10. The van der Waals surface area contributed by atoms with Crippen LogP contribution >= 0.6 is 25.3 Å². The lowest BCUT2D eigenvalue weighted by Gasteiger charge is -2.32. The topological polar surface area (TPSA) is 483 Å². The molecule has 29 nitrogen and oxygen atoms in total. The van der Waals surface area contributed by atoms with E-state index in [9.17, 15) is 63.0 Å². The molecule has 1 aromatic rings. The number of hydrogen-bond acceptors (Lipinski definition) is 16. The van der Waals surface area contributed by atoms with Crippen molar-refractivity contribution in [2.45, 2.75) is 127 Å². The zero-order valence-electron chi connectivity index (χ0n) is 43.1. The van der Waals surface area contributed by atoms with E-state index in [2.05, 4.69) is 77.8 Å². The molecular formula is C46H74N16O13S2. The van der Waals surface area contributed by atoms with E-state index in [4.69, 9.17) is 28.7 Å². The van der Waals surface area contributed by atoms with E-state index in [1.807, 2.05) is 0 Å². The molecule has 0 bridgehead atoms. The molecule has 1 aliphatic heterocycles. The molecule has 31 heteroatoms. The Morgan fingerprint density at radius 1 is 0.688 bits per heavy atom. The minimum absolute atomic E-state index is 0.0232. The first-order valence-corrected chi connectivity index (χ1v) is 25.9. The number of thiol groups is 2. The SMILES string of the molecule is CC[C@H](C)[C@H](NC(=O)[C@H](CS)NC(C)=O)C(=O)N1CCC[C@H]1C(=O)N[C@@H](CCCN=C(N)N)C(=O)NCC(=O)N[C@@H](CC(=O)O)C(=O)N[C@@H](Cc1ccc(O)cc1)C(=O)N[C@@H](CCCN=C(N)N)C(=O)N[C@@H](CS)C(N)=O. The van der Waals surface area contributed by atoms with Gasteiger partial charge in [-0.25, -0.2) is 0 Å². The molecule has 1 fully saturated rings. The van der Waals surface area contributed by atoms with Crippen LogP contribution in [-0.4, -0.2) is 178 Å². The second-order valence-electron chi connectivity index (χ2n) is 18.0. The third kappa shape index (κ3) is 23.5. The number of nitrogens with one attached hydrogen (secondary N) is 8. The molecule has 0 aliphatic carbocycles. The van der Waals surface area contributed by atoms with E-state index in [0.717, 1.165) is 0 Å². The van der Waals surface area contributed by atoms with Crippen LogP contribution in [0, 0.1) is 5.92 Å². The van der Waals surface area contributed by atoms with Crippen LogP contribution in [0.15, 0.2) is 34.3 Å². The number of carboxylic acid groups (broad SMARTS) is 1. The van der Waals surface area contributed by atoms with Crippen molar-refractivity contribution in [3.05, 3.63) is 29.8 Å². The minimum Gasteiger partial charge on any atom is -0.508 e. The number of amides is 10. The summed E-state index contributed by atoms with van der Waals surface area (Å²) in [7, 11) is 0. The number of aromatic hydroxyl groups is 1. The predicted octanol–water partition coefficient (Wildman–Crippen LogP) is -5.57. The third-order valence-corrected chi connectivity index (χ3v) is 12.7. The van der Waals surface area contributed by atoms with Crippen molar-refractivity contribution >= 4 is 102 Å². The molecule has 0 saturated carbocycles. The average molecular weight is 1120 g/mol. The van der Waals surface area contributed by atoms with Crippen molar-refractivity contribution in [2.24, 2.45) is 44.6 Å². The molecule has 0 unspecified atom stereocenters. The van der Waals surface area contributed by atoms with Gasteiger partial charge in [0.15, 0.2) is 11.9 Å². The van der Waals surface area contributed by atoms with Crippen LogP contribution in [0.5, 0.6) is 5.75 Å². The van der Waals surface area contributed by atoms with Gasteiger partial charge in [0, 0.05) is 44.5 Å². The molecular weight excluding hydrogens is 1050 g/mol. The second kappa shape index (κ2) is 33.5. The van der Waals surface area contributed by atoms with E-state index in [-0.39, 0.29) is 87.3 Å². The van der Waals surface area contributed by atoms with Crippen LogP contribution < -0.4 is 71.2 Å². The Kier molecular flexibility index (Phi) is 28.5. The van der Waals surface area contributed by atoms with Gasteiger partial charge in [0.25, 0.3) is 0 Å². The second-order valence-corrected chi connectivity index (χ2v) is 18.8. The molecule has 1 aromatic carbocycles. The highest BCUT2D eigenvalue weighted by atomic mass is 32.1. The van der Waals surface area contributed by atoms with E-state index >= 15 is 0 Å². The summed E-state index contributed by atoms with van der Waals surface area (Å²) in [4.78, 5) is 155. The number of benzene rings is 1. The number of likely N-dealkylation sites (tertiary alicyclic amines) is 1. The highest BCUT2D eigenvalue weighted by Crippen LogP contribution is 2.22. The maximum atomic E-state index is 14.1. The normalized spacial score (nSPS) is 15.9. The molecule has 428 valence electrons. The number of rotatable bonds is 33. The molecule has 1 saturated heterocycles. The lowest BCUT2D eigenvalue weighted by Crippen LogP contribution is -2.60. The van der Waals surface area contributed by atoms with Gasteiger partial charge in [-0.1, -0.05) is 32.4 Å². The van der Waals surface area contributed by atoms with Crippen LogP contribution in [0.2, 0.25) is 0 Å². The van der Waals surface area contributed by atoms with Crippen molar-refractivity contribution in [2.75, 3.05) is 37.7 Å². The van der Waals surface area contributed by atoms with Gasteiger partial charge in [-0.2, -0.15) is 25.3 Å². The van der Waals surface area contributed by atoms with Crippen molar-refractivity contribution < 1.29 is 63.0 Å². The number of carbonyl (C=O) groups is 11. The fourth-order valence-corrected chi connectivity index (χ4v) is 8.22. The maximum Gasteiger partial charge on any atom is 0.305 e. The molecule has 9 atom stereocenters. The van der Waals surface area contributed by atoms with Gasteiger partial charge in [-0.3, -0.25) is 62.7 Å². The largest absolute Gasteiger partial charge is 0.508 e. The first-order chi connectivity index (χ1) is 36.3. The Morgan fingerprint density at radius 2 is 1.21 bits per heavy atom. The third-order valence-electron chi connectivity index (χ3n) is 12.0. The summed E-state index contributed by atoms with van der Waals surface area (Å²) in [5, 5.41) is 39.4. The number of nitrogens with two attached hydrogens (primary N) is 5. The van der Waals surface area contributed by atoms with Crippen LogP contribution in [0.4, 0.5) is 0 Å². The van der Waals surface area contributed by atoms with Gasteiger partial charge >= 0.3 is 5.97 Å². The number of aliphatic carboxylic acids is 1. The van der Waals surface area contributed by atoms with E-state index in [1.54, 1.807) is 13.8 Å². The van der Waals surface area contributed by atoms with Crippen LogP contribution in [0.3, 0.4) is 0 Å². The first-order valence-electron chi connectivity index (χ1n) is 24.6. The van der Waals surface area contributed by atoms with Crippen molar-refractivity contribution in [3.63, 3.8) is 0 Å². The number of phenols is 1. The maximum absolute atomic E-state index is 14.1. The lowest BCUT2D eigenvalue weighted by atomic mass is 9.97. The van der Waals surface area contributed by atoms with Gasteiger partial charge < -0.3 is 86.3 Å². The number of phenolic OH excluding ortho intramolecular Hbond substituents is 1. The van der Waals surface area contributed by atoms with Crippen LogP contribution in [-0.2, 0) is 59.2 Å². The van der Waals surface area contributed by atoms with Gasteiger partial charge in [0.1, 0.15) is 54.1 Å². The first kappa shape index (κ1) is 65.5. The highest BCUT2D eigenvalue weighted by molar-refractivity contribution is 7.80. The van der Waals surface area contributed by atoms with E-state index in [1.165, 1.54) is 36.1 Å². The monoisotopic (exact) mass is 1120 g/mol. The summed E-state index contributed by atoms with van der Waals surface area (Å²) in [5.74, 6) is -11.2. The Bertz CT molecular complexity index is 2300. The molecule has 1 heterocycles. The fraction of sp³-hybridized carbons (Fsp3) is 0.587. The van der Waals surface area contributed by atoms with Crippen molar-refractivity contribution in [1.29, 1.82) is 0 Å². The predicted molar refractivity (Wildman–Crippen MR) is 287 cm³/mol. The molecule has 2 rings (SSSR count). The Morgan fingerprint density at radius 3 is 1.73 bits per heavy atom. The molecule has 20 N–H and O–H groups in total. The highest BCUT2D eigenvalue weighted by Gasteiger charge is 2.41. The number of hydrogen-bond donors (Lipinski definition) is 17. The standard InChI is InChI=1S/C46H74N16O13S2/c1-4-23(2)36(61-42(73)32(22-77)55-24(3)63)44(75)62-17-7-10-33(62)43(74)58-27(8-5-15-52-45(48)49)38(69)54-20-34(65)56-30(19-35(66)67)41(72)59-29(18-25-11-13-26(64)14-12-25)40(71)57-28(9-6-16-53-46(50)51)39(70)60-31(21-76)37(47)68/h11-14,23,27-33,36,64,76-77H,4-10,15-22H2,1-3H3,(H2,47,68)(H,54,69)(H,55,63)(H,56,65)(H,57,71)(H,58,74)(H,59,72)(H,60,70)(H,61,73)(H,66,67)(H4,48,49,52)(H4,50,51,53)/t23-,27-,28-,29-,30-,31-,32-,33-,36-/m0/s1. The smallest absolute Gasteiger partial charge is 0.305 e. The lowest BCUT2D eigenvalue weighted by molar-refractivity contribution is -0.143. The van der Waals surface area contributed by atoms with Crippen molar-refractivity contribution in [1.82, 2.24) is 47.4 Å². The average Bonchev–Trinajstić information content (AvgIpc) is 3.87. The summed E-state index contributed by atoms with van der Waals surface area (Å²) in [6, 6.07) is -5.26. The Labute approximate surface area is 455 Å². The number of guanidine groups is 2. The number of nitrogens with zero attached hydrogens (tertiary/aromatic N) is 3. The van der Waals surface area contributed by atoms with Crippen molar-refractivity contribution in [3.8, 4) is 5.75 Å². The fourth-order valence-electron chi connectivity index (χ4n) is 7.69. The molecule has 77 heavy (non-hydrogen) atoms. The number of carboxylic acids is 1. The summed E-state index contributed by atoms with van der Waals surface area (Å²) in [5.41, 5.74) is 27.5. The quantitative estimate of drug-likeness (QED) is 0.0135. The molecule has 10 amide bonds. The Balaban J connectivity index is 2.36.